The molecule has 0 radical (unpaired) electrons. The van der Waals surface area contributed by atoms with Gasteiger partial charge in [-0.25, -0.2) is 0 Å². The number of amides is 1. The first-order valence-electron chi connectivity index (χ1n) is 12.1. The summed E-state index contributed by atoms with van der Waals surface area (Å²) in [6, 6.07) is 21.2. The third-order valence-corrected chi connectivity index (χ3v) is 6.71. The van der Waals surface area contributed by atoms with E-state index in [2.05, 4.69) is 36.6 Å². The molecular formula is C29H31N3O3. The zero-order valence-corrected chi connectivity index (χ0v) is 20.2. The van der Waals surface area contributed by atoms with E-state index in [1.807, 2.05) is 59.5 Å². The highest BCUT2D eigenvalue weighted by molar-refractivity contribution is 6.01. The molecule has 1 unspecified atom stereocenters. The van der Waals surface area contributed by atoms with Gasteiger partial charge in [0.15, 0.2) is 5.78 Å². The molecule has 0 bridgehead atoms. The molecule has 2 aromatic carbocycles. The highest BCUT2D eigenvalue weighted by Crippen LogP contribution is 2.48. The molecule has 0 saturated heterocycles. The number of hydrogen-bond acceptors (Lipinski definition) is 5. The Balaban J connectivity index is 1.48. The van der Waals surface area contributed by atoms with Gasteiger partial charge >= 0.3 is 0 Å². The topological polar surface area (TPSA) is 74.6 Å². The van der Waals surface area contributed by atoms with E-state index in [0.29, 0.717) is 24.3 Å². The molecule has 2 aliphatic rings. The number of carbonyl (C=O) groups excluding carboxylic acids is 2. The second-order valence-electron chi connectivity index (χ2n) is 10.1. The van der Waals surface area contributed by atoms with Crippen molar-refractivity contribution in [2.45, 2.75) is 39.2 Å². The predicted molar refractivity (Wildman–Crippen MR) is 137 cm³/mol. The van der Waals surface area contributed by atoms with Crippen LogP contribution in [0.25, 0.3) is 0 Å². The Hall–Kier alpha value is -3.80. The van der Waals surface area contributed by atoms with Crippen molar-refractivity contribution < 1.29 is 14.0 Å². The quantitative estimate of drug-likeness (QED) is 0.515. The van der Waals surface area contributed by atoms with Gasteiger partial charge in [0.2, 0.25) is 5.91 Å². The molecule has 5 rings (SSSR count). The van der Waals surface area contributed by atoms with Crippen LogP contribution >= 0.6 is 0 Å². The average molecular weight is 470 g/mol. The number of ketones is 1. The maximum Gasteiger partial charge on any atom is 0.239 e. The summed E-state index contributed by atoms with van der Waals surface area (Å²) in [5.41, 5.74) is 4.38. The summed E-state index contributed by atoms with van der Waals surface area (Å²) < 4.78 is 5.86. The van der Waals surface area contributed by atoms with Crippen LogP contribution in [0.5, 0.6) is 0 Å². The van der Waals surface area contributed by atoms with Gasteiger partial charge in [-0.3, -0.25) is 9.59 Å². The zero-order valence-electron chi connectivity index (χ0n) is 20.2. The maximum atomic E-state index is 13.5. The van der Waals surface area contributed by atoms with Crippen molar-refractivity contribution in [3.05, 3.63) is 95.6 Å². The molecule has 6 nitrogen and oxygen atoms in total. The van der Waals surface area contributed by atoms with Crippen LogP contribution in [0.2, 0.25) is 0 Å². The summed E-state index contributed by atoms with van der Waals surface area (Å²) in [6.45, 7) is 4.88. The highest BCUT2D eigenvalue weighted by atomic mass is 16.3. The van der Waals surface area contributed by atoms with Crippen LogP contribution in [-0.2, 0) is 16.0 Å². The molecule has 1 aliphatic heterocycles. The van der Waals surface area contributed by atoms with E-state index in [1.54, 1.807) is 6.26 Å². The smallest absolute Gasteiger partial charge is 0.239 e. The number of allylic oxidation sites excluding steroid dienone is 1. The summed E-state index contributed by atoms with van der Waals surface area (Å²) in [7, 11) is 0. The van der Waals surface area contributed by atoms with Crippen LogP contribution < -0.4 is 15.5 Å². The Morgan fingerprint density at radius 2 is 1.83 bits per heavy atom. The first-order valence-corrected chi connectivity index (χ1v) is 12.1. The van der Waals surface area contributed by atoms with E-state index < -0.39 is 6.04 Å². The number of furan rings is 1. The zero-order chi connectivity index (χ0) is 24.4. The predicted octanol–water partition coefficient (Wildman–Crippen LogP) is 5.25. The summed E-state index contributed by atoms with van der Waals surface area (Å²) >= 11 is 0. The third-order valence-electron chi connectivity index (χ3n) is 6.71. The van der Waals surface area contributed by atoms with E-state index in [1.165, 1.54) is 5.56 Å². The van der Waals surface area contributed by atoms with Crippen molar-refractivity contribution in [1.29, 1.82) is 0 Å². The van der Waals surface area contributed by atoms with Gasteiger partial charge in [-0.2, -0.15) is 0 Å². The SMILES string of the molecule is CC1(C)CC(=O)C2=C(C1)Nc1ccccc1N(CC(=O)NCCc1ccccc1)C2c1ccco1. The Morgan fingerprint density at radius 3 is 2.60 bits per heavy atom. The number of anilines is 2. The lowest BCUT2D eigenvalue weighted by molar-refractivity contribution is -0.120. The molecule has 35 heavy (non-hydrogen) atoms. The number of nitrogens with zero attached hydrogens (tertiary/aromatic N) is 1. The van der Waals surface area contributed by atoms with E-state index in [9.17, 15) is 9.59 Å². The number of fused-ring (bicyclic) bond motifs is 1. The van der Waals surface area contributed by atoms with Crippen LogP contribution in [0.4, 0.5) is 11.4 Å². The Labute approximate surface area is 206 Å². The molecule has 1 amide bonds. The van der Waals surface area contributed by atoms with E-state index in [-0.39, 0.29) is 23.7 Å². The summed E-state index contributed by atoms with van der Waals surface area (Å²) in [4.78, 5) is 28.7. The van der Waals surface area contributed by atoms with Crippen molar-refractivity contribution >= 4 is 23.1 Å². The van der Waals surface area contributed by atoms with E-state index in [0.717, 1.165) is 29.9 Å². The molecule has 0 fully saturated rings. The lowest BCUT2D eigenvalue weighted by atomic mass is 9.74. The van der Waals surface area contributed by atoms with E-state index >= 15 is 0 Å². The van der Waals surface area contributed by atoms with Gasteiger partial charge in [0.25, 0.3) is 0 Å². The molecule has 2 heterocycles. The highest BCUT2D eigenvalue weighted by Gasteiger charge is 2.42. The van der Waals surface area contributed by atoms with E-state index in [4.69, 9.17) is 4.42 Å². The summed E-state index contributed by atoms with van der Waals surface area (Å²) in [5, 5.41) is 6.61. The number of carbonyl (C=O) groups is 2. The second kappa shape index (κ2) is 9.45. The number of Topliss-reactive ketones (excluding diaryl/α,β-unsaturated/α-hetero) is 1. The molecule has 2 N–H and O–H groups in total. The number of hydrogen-bond donors (Lipinski definition) is 2. The molecule has 0 spiro atoms. The van der Waals surface area contributed by atoms with Crippen LogP contribution in [0.15, 0.2) is 88.7 Å². The molecule has 1 aromatic heterocycles. The first-order chi connectivity index (χ1) is 16.9. The average Bonchev–Trinajstić information content (AvgIpc) is 3.31. The Morgan fingerprint density at radius 1 is 1.06 bits per heavy atom. The van der Waals surface area contributed by atoms with Gasteiger partial charge in [0.05, 0.1) is 24.2 Å². The largest absolute Gasteiger partial charge is 0.467 e. The van der Waals surface area contributed by atoms with Gasteiger partial charge < -0.3 is 20.0 Å². The first kappa shape index (κ1) is 23.0. The lowest BCUT2D eigenvalue weighted by Crippen LogP contribution is -2.42. The number of rotatable bonds is 6. The monoisotopic (exact) mass is 469 g/mol. The van der Waals surface area contributed by atoms with Crippen molar-refractivity contribution in [2.75, 3.05) is 23.3 Å². The molecule has 1 atom stereocenters. The van der Waals surface area contributed by atoms with Gasteiger partial charge in [-0.05, 0) is 48.1 Å². The molecular weight excluding hydrogens is 438 g/mol. The van der Waals surface area contributed by atoms with Gasteiger partial charge in [-0.1, -0.05) is 56.3 Å². The molecule has 6 heteroatoms. The molecule has 0 saturated carbocycles. The fraction of sp³-hybridized carbons (Fsp3) is 0.310. The minimum atomic E-state index is -0.486. The summed E-state index contributed by atoms with van der Waals surface area (Å²) in [5.74, 6) is 0.647. The number of benzene rings is 2. The number of para-hydroxylation sites is 2. The minimum absolute atomic E-state index is 0.0902. The van der Waals surface area contributed by atoms with Crippen molar-refractivity contribution in [3.8, 4) is 0 Å². The van der Waals surface area contributed by atoms with Crippen molar-refractivity contribution in [3.63, 3.8) is 0 Å². The molecule has 180 valence electrons. The van der Waals surface area contributed by atoms with Crippen molar-refractivity contribution in [1.82, 2.24) is 5.32 Å². The molecule has 3 aromatic rings. The van der Waals surface area contributed by atoms with Crippen molar-refractivity contribution in [2.24, 2.45) is 5.41 Å². The summed E-state index contributed by atoms with van der Waals surface area (Å²) in [6.07, 6.45) is 3.58. The fourth-order valence-corrected chi connectivity index (χ4v) is 5.17. The van der Waals surface area contributed by atoms with Gasteiger partial charge in [-0.15, -0.1) is 0 Å². The fourth-order valence-electron chi connectivity index (χ4n) is 5.17. The van der Waals surface area contributed by atoms with Crippen LogP contribution in [0, 0.1) is 5.41 Å². The maximum absolute atomic E-state index is 13.5. The Bertz CT molecular complexity index is 1250. The van der Waals surface area contributed by atoms with Gasteiger partial charge in [0, 0.05) is 24.2 Å². The normalized spacial score (nSPS) is 18.9. The second-order valence-corrected chi connectivity index (χ2v) is 10.1. The van der Waals surface area contributed by atoms with Crippen LogP contribution in [0.3, 0.4) is 0 Å². The number of nitrogens with one attached hydrogen (secondary N) is 2. The third kappa shape index (κ3) is 4.87. The van der Waals surface area contributed by atoms with Gasteiger partial charge in [0.1, 0.15) is 11.8 Å². The molecule has 1 aliphatic carbocycles. The lowest BCUT2D eigenvalue weighted by Gasteiger charge is -2.36. The standard InChI is InChI=1S/C29H31N3O3/c1-29(2)17-22-27(24(33)18-29)28(25-13-8-16-35-25)32(23-12-7-6-11-21(23)31-22)19-26(34)30-15-14-20-9-4-3-5-10-20/h3-13,16,28,31H,14-15,17-19H2,1-2H3,(H,30,34). The van der Waals surface area contributed by atoms with Crippen LogP contribution in [-0.4, -0.2) is 24.8 Å². The minimum Gasteiger partial charge on any atom is -0.467 e. The Kier molecular flexibility index (Phi) is 6.20. The van der Waals surface area contributed by atoms with Crippen LogP contribution in [0.1, 0.15) is 44.1 Å².